The maximum absolute atomic E-state index is 12.9. The Hall–Kier alpha value is -6.16. The molecule has 0 bridgehead atoms. The van der Waals surface area contributed by atoms with E-state index in [-0.39, 0.29) is 33.6 Å². The molecule has 2 N–H and O–H groups in total. The number of aromatic nitrogens is 2. The number of hydrogen-bond donors (Lipinski definition) is 2. The summed E-state index contributed by atoms with van der Waals surface area (Å²) in [5.74, 6) is -1.78. The lowest BCUT2D eigenvalue weighted by Crippen LogP contribution is -2.27. The van der Waals surface area contributed by atoms with Gasteiger partial charge in [-0.05, 0) is 71.8 Å². The van der Waals surface area contributed by atoms with Crippen molar-refractivity contribution in [3.05, 3.63) is 119 Å². The first kappa shape index (κ1) is 45.9. The molecule has 0 amide bonds. The minimum absolute atomic E-state index is 0.214. The van der Waals surface area contributed by atoms with Crippen molar-refractivity contribution >= 4 is 96.8 Å². The van der Waals surface area contributed by atoms with Crippen LogP contribution < -0.4 is 10.9 Å². The van der Waals surface area contributed by atoms with E-state index in [0.717, 1.165) is 40.9 Å². The highest BCUT2D eigenvalue weighted by molar-refractivity contribution is 7.95. The average molecular weight is 913 g/mol. The molecule has 0 atom stereocenters. The molecule has 4 aromatic rings. The number of hydrogen-bond acceptors (Lipinski definition) is 20. The fourth-order valence-electron chi connectivity index (χ4n) is 5.27. The number of rotatable bonds is 10. The molecule has 0 saturated heterocycles. The molecule has 0 spiro atoms. The summed E-state index contributed by atoms with van der Waals surface area (Å²) in [6.45, 7) is 0. The lowest BCUT2D eigenvalue weighted by molar-refractivity contribution is -0.849. The quantitative estimate of drug-likeness (QED) is 0.0992. The molecule has 25 heteroatoms. The second kappa shape index (κ2) is 17.1. The van der Waals surface area contributed by atoms with Crippen molar-refractivity contribution in [1.82, 2.24) is 9.97 Å². The molecule has 320 valence electrons. The van der Waals surface area contributed by atoms with Gasteiger partial charge in [0.2, 0.25) is 11.6 Å². The zero-order valence-corrected chi connectivity index (χ0v) is 35.1. The Morgan fingerprint density at radius 2 is 0.902 bits per heavy atom. The molecule has 0 unspecified atom stereocenters. The molecule has 0 radical (unpaired) electrons. The molecular formula is C36H30N7O14S4-3. The van der Waals surface area contributed by atoms with E-state index >= 15 is 0 Å². The Kier molecular flexibility index (Phi) is 12.8. The van der Waals surface area contributed by atoms with Crippen molar-refractivity contribution in [2.75, 3.05) is 39.0 Å². The van der Waals surface area contributed by atoms with Gasteiger partial charge in [-0.2, -0.15) is 10.2 Å². The average Bonchev–Trinajstić information content (AvgIpc) is 3.14. The van der Waals surface area contributed by atoms with E-state index < -0.39 is 94.5 Å². The summed E-state index contributed by atoms with van der Waals surface area (Å²) in [4.78, 5) is 30.0. The second-order valence-corrected chi connectivity index (χ2v) is 19.4. The summed E-state index contributed by atoms with van der Waals surface area (Å²) < 4.78 is 145. The largest absolute Gasteiger partial charge is 0.744 e. The van der Waals surface area contributed by atoms with E-state index in [4.69, 9.17) is 0 Å². The number of quaternary nitrogens is 1. The van der Waals surface area contributed by atoms with Gasteiger partial charge in [0.1, 0.15) is 63.3 Å². The Morgan fingerprint density at radius 3 is 1.21 bits per heavy atom. The van der Waals surface area contributed by atoms with E-state index in [0.29, 0.717) is 12.2 Å². The van der Waals surface area contributed by atoms with Crippen LogP contribution >= 0.6 is 0 Å². The molecule has 0 fully saturated rings. The number of anilines is 2. The van der Waals surface area contributed by atoms with Crippen molar-refractivity contribution in [3.8, 4) is 0 Å². The Bertz CT molecular complexity index is 2910. The third kappa shape index (κ3) is 11.4. The predicted molar refractivity (Wildman–Crippen MR) is 216 cm³/mol. The lowest BCUT2D eigenvalue weighted by Gasteiger charge is -2.19. The number of carbonyl (C=O) groups excluding carboxylic acids is 2. The number of nitrogens with one attached hydrogen (secondary N) is 2. The summed E-state index contributed by atoms with van der Waals surface area (Å²) >= 11 is 0. The first-order valence-corrected chi connectivity index (χ1v) is 22.5. The van der Waals surface area contributed by atoms with E-state index in [1.54, 1.807) is 0 Å². The predicted octanol–water partition coefficient (Wildman–Crippen LogP) is 1.88. The molecule has 0 saturated carbocycles. The summed E-state index contributed by atoms with van der Waals surface area (Å²) in [5, 5.41) is 7.53. The number of ketones is 2. The van der Waals surface area contributed by atoms with Gasteiger partial charge in [-0.3, -0.25) is 30.4 Å². The maximum atomic E-state index is 12.9. The fourth-order valence-corrected chi connectivity index (χ4v) is 8.04. The topological polar surface area (TPSA) is 337 Å². The van der Waals surface area contributed by atoms with Crippen LogP contribution in [0.1, 0.15) is 43.2 Å². The van der Waals surface area contributed by atoms with E-state index in [1.165, 1.54) is 48.8 Å². The number of fused-ring (bicyclic) bond motifs is 2. The van der Waals surface area contributed by atoms with Crippen LogP contribution in [0.15, 0.2) is 105 Å². The molecule has 21 nitrogen and oxygen atoms in total. The summed E-state index contributed by atoms with van der Waals surface area (Å²) in [6.07, 6.45) is 5.72. The lowest BCUT2D eigenvalue weighted by atomic mass is 10.00. The van der Waals surface area contributed by atoms with Crippen LogP contribution in [0.2, 0.25) is 0 Å². The molecule has 2 aromatic heterocycles. The molecular weight excluding hydrogens is 883 g/mol. The van der Waals surface area contributed by atoms with Crippen LogP contribution in [0.3, 0.4) is 0 Å². The van der Waals surface area contributed by atoms with E-state index in [1.807, 2.05) is 0 Å². The first-order valence-electron chi connectivity index (χ1n) is 16.8. The van der Waals surface area contributed by atoms with Gasteiger partial charge in [0, 0.05) is 23.5 Å². The van der Waals surface area contributed by atoms with Crippen LogP contribution in [0.5, 0.6) is 0 Å². The summed E-state index contributed by atoms with van der Waals surface area (Å²) in [5.41, 5.74) is 1.09. The zero-order chi connectivity index (χ0) is 45.3. The first-order chi connectivity index (χ1) is 28.1. The molecule has 0 aliphatic heterocycles. The minimum atomic E-state index is -5.28. The number of hydrazone groups is 2. The number of pyridine rings is 2. The smallest absolute Gasteiger partial charge is 0.232 e. The van der Waals surface area contributed by atoms with Crippen LogP contribution in [0.4, 0.5) is 11.4 Å². The van der Waals surface area contributed by atoms with Crippen molar-refractivity contribution < 1.29 is 66.0 Å². The van der Waals surface area contributed by atoms with E-state index in [9.17, 15) is 61.5 Å². The van der Waals surface area contributed by atoms with Crippen LogP contribution in [0, 0.1) is 0 Å². The standard InChI is InChI=1S/C32H22N6O14S4.C4H12N/c39-31-23(15-27(55(47,48)49)21-3-1-11-33-29(21)31)37-35-19-9-7-17(25(13-19)53(41,42)43)5-6-18-8-10-20(14-26(18)54(44,45)46)36-38-24-16-28(56(50,51)52)22-4-2-12-34-30(22)32(24)40;1-5(2,3)4/h1-16,35-36H,(H,41,42,43)(H,44,45,46)(H,47,48,49)(H,50,51,52);1-4H3/q;+1/p-4. The SMILES string of the molecule is C[N+](C)(C)C.O=C1C(=NNc2ccc(C=Cc3ccc(NN=C4C=C(S(=O)(=O)[O-])c5cccnc5C4=O)cc3S(=O)(=O)[O-])c(S(=O)(=O)[O-])c2)C=C(S(=O)(=O)[O-])c2cccnc21. The van der Waals surface area contributed by atoms with Crippen molar-refractivity contribution in [1.29, 1.82) is 0 Å². The Morgan fingerprint density at radius 1 is 0.557 bits per heavy atom. The van der Waals surface area contributed by atoms with Crippen LogP contribution in [-0.4, -0.2) is 118 Å². The monoisotopic (exact) mass is 912 g/mol. The normalized spacial score (nSPS) is 16.0. The Balaban J connectivity index is 0.00000133. The molecule has 61 heavy (non-hydrogen) atoms. The highest BCUT2D eigenvalue weighted by Crippen LogP contribution is 2.30. The molecule has 2 aliphatic carbocycles. The third-order valence-electron chi connectivity index (χ3n) is 7.74. The molecule has 2 aromatic carbocycles. The van der Waals surface area contributed by atoms with Gasteiger partial charge < -0.3 is 22.7 Å². The van der Waals surface area contributed by atoms with Gasteiger partial charge in [-0.25, -0.2) is 33.7 Å². The highest BCUT2D eigenvalue weighted by Gasteiger charge is 2.30. The Labute approximate surface area is 349 Å². The van der Waals surface area contributed by atoms with E-state index in [2.05, 4.69) is 59.2 Å². The van der Waals surface area contributed by atoms with Crippen LogP contribution in [-0.2, 0) is 40.5 Å². The van der Waals surface area contributed by atoms with Crippen LogP contribution in [0.25, 0.3) is 22.0 Å². The number of benzene rings is 2. The highest BCUT2D eigenvalue weighted by atomic mass is 32.2. The van der Waals surface area contributed by atoms with Gasteiger partial charge in [0.25, 0.3) is 0 Å². The number of allylic oxidation sites excluding steroid dienone is 2. The third-order valence-corrected chi connectivity index (χ3v) is 11.3. The molecule has 2 heterocycles. The second-order valence-electron chi connectivity index (χ2n) is 14.0. The van der Waals surface area contributed by atoms with Crippen molar-refractivity contribution in [2.45, 2.75) is 9.79 Å². The van der Waals surface area contributed by atoms with Crippen molar-refractivity contribution in [3.63, 3.8) is 0 Å². The number of Topliss-reactive ketones (excluding diaryl/α,β-unsaturated/α-hetero) is 2. The maximum Gasteiger partial charge on any atom is 0.232 e. The minimum Gasteiger partial charge on any atom is -0.744 e. The van der Waals surface area contributed by atoms with Gasteiger partial charge in [0.05, 0.1) is 59.2 Å². The molecule has 2 aliphatic rings. The van der Waals surface area contributed by atoms with Gasteiger partial charge in [-0.1, -0.05) is 24.3 Å². The van der Waals surface area contributed by atoms with Gasteiger partial charge in [-0.15, -0.1) is 0 Å². The number of carbonyl (C=O) groups is 2. The van der Waals surface area contributed by atoms with Gasteiger partial charge in [0.15, 0.2) is 0 Å². The molecule has 6 rings (SSSR count). The zero-order valence-electron chi connectivity index (χ0n) is 31.8. The number of nitrogens with zero attached hydrogens (tertiary/aromatic N) is 5. The fraction of sp³-hybridized carbons (Fsp3) is 0.111. The van der Waals surface area contributed by atoms with Crippen molar-refractivity contribution in [2.24, 2.45) is 10.2 Å². The summed E-state index contributed by atoms with van der Waals surface area (Å²) in [7, 11) is -12.3. The van der Waals surface area contributed by atoms with Gasteiger partial charge >= 0.3 is 0 Å². The summed E-state index contributed by atoms with van der Waals surface area (Å²) in [6, 6.07) is 11.1.